The lowest BCUT2D eigenvalue weighted by atomic mass is 9.77. The van der Waals surface area contributed by atoms with E-state index in [1.807, 2.05) is 20.8 Å². The third kappa shape index (κ3) is 5.65. The van der Waals surface area contributed by atoms with Gasteiger partial charge in [-0.1, -0.05) is 40.5 Å². The number of hydrogen-bond acceptors (Lipinski definition) is 3. The molecule has 0 aromatic rings. The molecule has 1 aliphatic rings. The molecule has 0 heterocycles. The SMILES string of the molecule is CC1CCCC(CO)(NC(=O)CCNC(=O)C(C)(C)C)C1. The lowest BCUT2D eigenvalue weighted by Crippen LogP contribution is -2.54. The van der Waals surface area contributed by atoms with Crippen molar-refractivity contribution < 1.29 is 14.7 Å². The van der Waals surface area contributed by atoms with Crippen LogP contribution in [0.3, 0.4) is 0 Å². The first-order valence-electron chi connectivity index (χ1n) is 7.89. The normalized spacial score (nSPS) is 26.2. The van der Waals surface area contributed by atoms with Gasteiger partial charge in [-0.05, 0) is 18.8 Å². The van der Waals surface area contributed by atoms with E-state index >= 15 is 0 Å². The van der Waals surface area contributed by atoms with Crippen LogP contribution in [0.2, 0.25) is 0 Å². The molecule has 5 heteroatoms. The number of rotatable bonds is 5. The first kappa shape index (κ1) is 18.0. The molecule has 1 saturated carbocycles. The molecule has 1 aliphatic carbocycles. The van der Waals surface area contributed by atoms with Gasteiger partial charge < -0.3 is 15.7 Å². The molecular formula is C16H30N2O3. The van der Waals surface area contributed by atoms with Crippen molar-refractivity contribution in [3.05, 3.63) is 0 Å². The van der Waals surface area contributed by atoms with Crippen molar-refractivity contribution in [1.82, 2.24) is 10.6 Å². The minimum atomic E-state index is -0.469. The van der Waals surface area contributed by atoms with E-state index < -0.39 is 11.0 Å². The summed E-state index contributed by atoms with van der Waals surface area (Å²) in [6.07, 6.45) is 4.08. The Kier molecular flexibility index (Phi) is 6.20. The lowest BCUT2D eigenvalue weighted by Gasteiger charge is -2.39. The summed E-state index contributed by atoms with van der Waals surface area (Å²) in [5, 5.41) is 15.4. The van der Waals surface area contributed by atoms with Gasteiger partial charge in [0.1, 0.15) is 0 Å². The Morgan fingerprint density at radius 2 is 2.00 bits per heavy atom. The van der Waals surface area contributed by atoms with Crippen LogP contribution in [0.15, 0.2) is 0 Å². The second kappa shape index (κ2) is 7.25. The molecule has 5 nitrogen and oxygen atoms in total. The van der Waals surface area contributed by atoms with Gasteiger partial charge in [0.25, 0.3) is 0 Å². The summed E-state index contributed by atoms with van der Waals surface area (Å²) in [6.45, 7) is 7.99. The molecule has 0 spiro atoms. The number of nitrogens with one attached hydrogen (secondary N) is 2. The summed E-state index contributed by atoms with van der Waals surface area (Å²) < 4.78 is 0. The first-order valence-corrected chi connectivity index (χ1v) is 7.89. The summed E-state index contributed by atoms with van der Waals surface area (Å²) in [5.74, 6) is 0.359. The van der Waals surface area contributed by atoms with Gasteiger partial charge in [-0.25, -0.2) is 0 Å². The predicted octanol–water partition coefficient (Wildman–Crippen LogP) is 1.60. The fourth-order valence-corrected chi connectivity index (χ4v) is 2.87. The molecule has 0 aromatic carbocycles. The highest BCUT2D eigenvalue weighted by Crippen LogP contribution is 2.31. The highest BCUT2D eigenvalue weighted by molar-refractivity contribution is 5.82. The quantitative estimate of drug-likeness (QED) is 0.721. The number of hydrogen-bond donors (Lipinski definition) is 3. The summed E-state index contributed by atoms with van der Waals surface area (Å²) in [4.78, 5) is 23.8. The third-order valence-corrected chi connectivity index (χ3v) is 4.12. The fourth-order valence-electron chi connectivity index (χ4n) is 2.87. The van der Waals surface area contributed by atoms with E-state index in [1.54, 1.807) is 0 Å². The molecule has 1 fully saturated rings. The zero-order valence-electron chi connectivity index (χ0n) is 13.8. The minimum absolute atomic E-state index is 0.0164. The Balaban J connectivity index is 2.40. The molecule has 21 heavy (non-hydrogen) atoms. The molecular weight excluding hydrogens is 268 g/mol. The molecule has 0 aliphatic heterocycles. The summed E-state index contributed by atoms with van der Waals surface area (Å²) in [6, 6.07) is 0. The molecule has 0 radical (unpaired) electrons. The maximum atomic E-state index is 12.0. The van der Waals surface area contributed by atoms with Gasteiger partial charge in [-0.3, -0.25) is 9.59 Å². The van der Waals surface area contributed by atoms with E-state index in [0.717, 1.165) is 25.7 Å². The number of aliphatic hydroxyl groups is 1. The fraction of sp³-hybridized carbons (Fsp3) is 0.875. The highest BCUT2D eigenvalue weighted by atomic mass is 16.3. The molecule has 0 saturated heterocycles. The topological polar surface area (TPSA) is 78.4 Å². The molecule has 3 N–H and O–H groups in total. The van der Waals surface area contributed by atoms with Crippen molar-refractivity contribution in [3.8, 4) is 0 Å². The summed E-state index contributed by atoms with van der Waals surface area (Å²) in [7, 11) is 0. The van der Waals surface area contributed by atoms with Crippen LogP contribution in [0, 0.1) is 11.3 Å². The third-order valence-electron chi connectivity index (χ3n) is 4.12. The van der Waals surface area contributed by atoms with E-state index in [4.69, 9.17) is 0 Å². The van der Waals surface area contributed by atoms with E-state index in [9.17, 15) is 14.7 Å². The Morgan fingerprint density at radius 3 is 2.52 bits per heavy atom. The Bertz CT molecular complexity index is 376. The van der Waals surface area contributed by atoms with Crippen LogP contribution < -0.4 is 10.6 Å². The van der Waals surface area contributed by atoms with E-state index in [2.05, 4.69) is 17.6 Å². The molecule has 2 amide bonds. The van der Waals surface area contributed by atoms with Crippen LogP contribution >= 0.6 is 0 Å². The average molecular weight is 298 g/mol. The maximum absolute atomic E-state index is 12.0. The van der Waals surface area contributed by atoms with E-state index in [1.165, 1.54) is 0 Å². The smallest absolute Gasteiger partial charge is 0.225 e. The minimum Gasteiger partial charge on any atom is -0.394 e. The maximum Gasteiger partial charge on any atom is 0.225 e. The van der Waals surface area contributed by atoms with Gasteiger partial charge in [0.15, 0.2) is 0 Å². The highest BCUT2D eigenvalue weighted by Gasteiger charge is 2.35. The van der Waals surface area contributed by atoms with Gasteiger partial charge >= 0.3 is 0 Å². The number of carbonyl (C=O) groups is 2. The number of aliphatic hydroxyl groups excluding tert-OH is 1. The Morgan fingerprint density at radius 1 is 1.33 bits per heavy atom. The van der Waals surface area contributed by atoms with Gasteiger partial charge in [0, 0.05) is 18.4 Å². The number of amides is 2. The van der Waals surface area contributed by atoms with Gasteiger partial charge in [-0.15, -0.1) is 0 Å². The van der Waals surface area contributed by atoms with Gasteiger partial charge in [-0.2, -0.15) is 0 Å². The monoisotopic (exact) mass is 298 g/mol. The zero-order chi connectivity index (χ0) is 16.1. The second-order valence-electron chi connectivity index (χ2n) is 7.44. The Labute approximate surface area is 127 Å². The summed E-state index contributed by atoms with van der Waals surface area (Å²) >= 11 is 0. The molecule has 0 bridgehead atoms. The molecule has 0 aromatic heterocycles. The summed E-state index contributed by atoms with van der Waals surface area (Å²) in [5.41, 5.74) is -0.912. The van der Waals surface area contributed by atoms with Crippen LogP contribution in [-0.2, 0) is 9.59 Å². The average Bonchev–Trinajstić information content (AvgIpc) is 2.37. The van der Waals surface area contributed by atoms with E-state index in [-0.39, 0.29) is 24.8 Å². The van der Waals surface area contributed by atoms with Crippen molar-refractivity contribution in [2.45, 2.75) is 65.3 Å². The standard InChI is InChI=1S/C16H30N2O3/c1-12-6-5-8-16(10-12,11-19)18-13(20)7-9-17-14(21)15(2,3)4/h12,19H,5-11H2,1-4H3,(H,17,21)(H,18,20). The van der Waals surface area contributed by atoms with Crippen LogP contribution in [0.5, 0.6) is 0 Å². The molecule has 1 rings (SSSR count). The van der Waals surface area contributed by atoms with Crippen molar-refractivity contribution in [3.63, 3.8) is 0 Å². The van der Waals surface area contributed by atoms with Crippen molar-refractivity contribution in [2.75, 3.05) is 13.2 Å². The zero-order valence-corrected chi connectivity index (χ0v) is 13.8. The van der Waals surface area contributed by atoms with Crippen molar-refractivity contribution in [2.24, 2.45) is 11.3 Å². The van der Waals surface area contributed by atoms with Gasteiger partial charge in [0.05, 0.1) is 12.1 Å². The van der Waals surface area contributed by atoms with Crippen LogP contribution in [0.4, 0.5) is 0 Å². The molecule has 122 valence electrons. The van der Waals surface area contributed by atoms with Crippen LogP contribution in [0.25, 0.3) is 0 Å². The predicted molar refractivity (Wildman–Crippen MR) is 82.7 cm³/mol. The first-order chi connectivity index (χ1) is 9.68. The lowest BCUT2D eigenvalue weighted by molar-refractivity contribution is -0.128. The Hall–Kier alpha value is -1.10. The van der Waals surface area contributed by atoms with E-state index in [0.29, 0.717) is 12.5 Å². The number of carbonyl (C=O) groups excluding carboxylic acids is 2. The molecule has 2 unspecified atom stereocenters. The van der Waals surface area contributed by atoms with Crippen molar-refractivity contribution >= 4 is 11.8 Å². The van der Waals surface area contributed by atoms with Crippen LogP contribution in [-0.4, -0.2) is 35.6 Å². The molecule has 2 atom stereocenters. The van der Waals surface area contributed by atoms with Crippen LogP contribution in [0.1, 0.15) is 59.8 Å². The van der Waals surface area contributed by atoms with Crippen molar-refractivity contribution in [1.29, 1.82) is 0 Å². The largest absolute Gasteiger partial charge is 0.394 e. The second-order valence-corrected chi connectivity index (χ2v) is 7.44. The van der Waals surface area contributed by atoms with Gasteiger partial charge in [0.2, 0.25) is 11.8 Å².